The molecule has 1 rings (SSSR count). The Kier molecular flexibility index (Phi) is 15.6. The number of ether oxygens (including phenoxy) is 2. The van der Waals surface area contributed by atoms with Gasteiger partial charge in [0.2, 0.25) is 0 Å². The fourth-order valence-electron chi connectivity index (χ4n) is 3.46. The Bertz CT molecular complexity index is 1050. The van der Waals surface area contributed by atoms with Gasteiger partial charge in [-0.3, -0.25) is 4.79 Å². The number of allylic oxidation sites excluding steroid dienone is 7. The summed E-state index contributed by atoms with van der Waals surface area (Å²) in [5.74, 6) is -1.26. The van der Waals surface area contributed by atoms with Crippen LogP contribution in [0.3, 0.4) is 0 Å². The van der Waals surface area contributed by atoms with E-state index in [2.05, 4.69) is 23.7 Å². The predicted octanol–water partition coefficient (Wildman–Crippen LogP) is 6.71. The number of carbonyl (C=O) groups is 1. The zero-order chi connectivity index (χ0) is 28.3. The van der Waals surface area contributed by atoms with Gasteiger partial charge in [-0.1, -0.05) is 43.9 Å². The number of benzene rings is 1. The molecule has 8 heteroatoms. The highest BCUT2D eigenvalue weighted by molar-refractivity contribution is 5.66. The van der Waals surface area contributed by atoms with Crippen LogP contribution in [0.25, 0.3) is 0 Å². The normalized spacial score (nSPS) is 13.0. The van der Waals surface area contributed by atoms with Crippen molar-refractivity contribution in [2.45, 2.75) is 40.0 Å². The van der Waals surface area contributed by atoms with E-state index in [4.69, 9.17) is 14.6 Å². The second-order valence-electron chi connectivity index (χ2n) is 8.46. The largest absolute Gasteiger partial charge is 0.493 e. The number of carboxylic acid groups (broad SMARTS) is 1. The van der Waals surface area contributed by atoms with Crippen molar-refractivity contribution in [2.75, 3.05) is 33.4 Å². The van der Waals surface area contributed by atoms with Crippen LogP contribution < -0.4 is 14.8 Å². The summed E-state index contributed by atoms with van der Waals surface area (Å²) in [6.07, 6.45) is 13.4. The maximum atomic E-state index is 14.2. The number of rotatable bonds is 18. The molecular formula is C30H40F2N2O4. The number of para-hydroxylation sites is 1. The summed E-state index contributed by atoms with van der Waals surface area (Å²) in [6.45, 7) is 11.2. The van der Waals surface area contributed by atoms with Gasteiger partial charge in [-0.2, -0.15) is 0 Å². The van der Waals surface area contributed by atoms with Gasteiger partial charge in [0.1, 0.15) is 6.61 Å². The molecule has 0 saturated heterocycles. The molecule has 0 aliphatic carbocycles. The SMILES string of the molecule is C=C/C=C(CNC(/C=C(\C)F)=C/C=C/CCC(=O)O)\C(C)=C\N(CCC)CCOc1c(F)cccc1OC. The Labute approximate surface area is 225 Å². The first-order chi connectivity index (χ1) is 18.2. The van der Waals surface area contributed by atoms with Crippen molar-refractivity contribution in [1.29, 1.82) is 0 Å². The van der Waals surface area contributed by atoms with Crippen LogP contribution >= 0.6 is 0 Å². The van der Waals surface area contributed by atoms with Crippen molar-refractivity contribution in [2.24, 2.45) is 0 Å². The van der Waals surface area contributed by atoms with Gasteiger partial charge in [-0.15, -0.1) is 0 Å². The van der Waals surface area contributed by atoms with Crippen LogP contribution in [0.15, 0.2) is 90.1 Å². The highest BCUT2D eigenvalue weighted by Crippen LogP contribution is 2.29. The molecule has 38 heavy (non-hydrogen) atoms. The molecule has 0 aliphatic rings. The molecule has 0 aliphatic heterocycles. The lowest BCUT2D eigenvalue weighted by molar-refractivity contribution is -0.136. The molecule has 0 fully saturated rings. The summed E-state index contributed by atoms with van der Waals surface area (Å²) in [5, 5.41) is 12.0. The van der Waals surface area contributed by atoms with Gasteiger partial charge in [0.15, 0.2) is 17.3 Å². The Morgan fingerprint density at radius 2 is 2.00 bits per heavy atom. The Morgan fingerprint density at radius 3 is 2.63 bits per heavy atom. The van der Waals surface area contributed by atoms with E-state index in [0.29, 0.717) is 31.0 Å². The zero-order valence-corrected chi connectivity index (χ0v) is 22.8. The number of nitrogens with zero attached hydrogens (tertiary/aromatic N) is 1. The summed E-state index contributed by atoms with van der Waals surface area (Å²) in [6, 6.07) is 4.55. The summed E-state index contributed by atoms with van der Waals surface area (Å²) in [7, 11) is 1.47. The first kappa shape index (κ1) is 32.2. The number of carboxylic acids is 1. The summed E-state index contributed by atoms with van der Waals surface area (Å²) in [5.41, 5.74) is 2.48. The molecule has 0 aromatic heterocycles. The molecule has 0 unspecified atom stereocenters. The monoisotopic (exact) mass is 530 g/mol. The third-order valence-corrected chi connectivity index (χ3v) is 5.26. The van der Waals surface area contributed by atoms with Crippen LogP contribution in [0, 0.1) is 5.82 Å². The number of aliphatic carboxylic acids is 1. The quantitative estimate of drug-likeness (QED) is 0.206. The minimum Gasteiger partial charge on any atom is -0.493 e. The van der Waals surface area contributed by atoms with E-state index in [1.54, 1.807) is 36.4 Å². The summed E-state index contributed by atoms with van der Waals surface area (Å²) in [4.78, 5) is 12.8. The van der Waals surface area contributed by atoms with Gasteiger partial charge in [-0.25, -0.2) is 8.78 Å². The average Bonchev–Trinajstić information content (AvgIpc) is 2.86. The molecule has 1 aromatic carbocycles. The average molecular weight is 531 g/mol. The summed E-state index contributed by atoms with van der Waals surface area (Å²) >= 11 is 0. The fraction of sp³-hybridized carbons (Fsp3) is 0.367. The highest BCUT2D eigenvalue weighted by atomic mass is 19.1. The molecule has 6 nitrogen and oxygen atoms in total. The maximum Gasteiger partial charge on any atom is 0.303 e. The van der Waals surface area contributed by atoms with Crippen molar-refractivity contribution in [3.8, 4) is 11.5 Å². The van der Waals surface area contributed by atoms with Crippen LogP contribution in [-0.4, -0.2) is 49.3 Å². The molecule has 0 saturated carbocycles. The first-order valence-corrected chi connectivity index (χ1v) is 12.6. The molecule has 2 N–H and O–H groups in total. The number of hydrogen-bond donors (Lipinski definition) is 2. The van der Waals surface area contributed by atoms with E-state index in [0.717, 1.165) is 24.1 Å². The standard InChI is InChI=1S/C30H40F2N2O4/c1-6-12-25(21-33-26(20-24(4)31)13-9-8-10-16-29(35)36)23(3)22-34(17-7-2)18-19-38-30-27(32)14-11-15-28(30)37-5/h6,8-9,11-15,20,22,33H,1,7,10,16-19,21H2,2-5H3,(H,35,36)/b9-8+,23-22+,24-20+,25-12-,26-13+. The van der Waals surface area contributed by atoms with E-state index in [1.165, 1.54) is 26.2 Å². The van der Waals surface area contributed by atoms with E-state index < -0.39 is 11.8 Å². The van der Waals surface area contributed by atoms with Crippen LogP contribution in [-0.2, 0) is 4.79 Å². The zero-order valence-electron chi connectivity index (χ0n) is 22.8. The fourth-order valence-corrected chi connectivity index (χ4v) is 3.46. The second-order valence-corrected chi connectivity index (χ2v) is 8.46. The number of hydrogen-bond acceptors (Lipinski definition) is 5. The number of methoxy groups -OCH3 is 1. The van der Waals surface area contributed by atoms with Gasteiger partial charge in [-0.05, 0) is 62.1 Å². The van der Waals surface area contributed by atoms with Crippen LogP contribution in [0.5, 0.6) is 11.5 Å². The molecule has 0 heterocycles. The van der Waals surface area contributed by atoms with Gasteiger partial charge in [0, 0.05) is 31.4 Å². The topological polar surface area (TPSA) is 71.0 Å². The Hall–Kier alpha value is -3.81. The minimum atomic E-state index is -0.867. The molecule has 1 aromatic rings. The minimum absolute atomic E-state index is 0.0361. The van der Waals surface area contributed by atoms with Gasteiger partial charge in [0.25, 0.3) is 0 Å². The third kappa shape index (κ3) is 12.9. The van der Waals surface area contributed by atoms with Crippen LogP contribution in [0.1, 0.15) is 40.0 Å². The van der Waals surface area contributed by atoms with Crippen molar-refractivity contribution in [1.82, 2.24) is 10.2 Å². The Morgan fingerprint density at radius 1 is 1.24 bits per heavy atom. The lowest BCUT2D eigenvalue weighted by Crippen LogP contribution is -2.25. The van der Waals surface area contributed by atoms with E-state index in [1.807, 2.05) is 19.2 Å². The van der Waals surface area contributed by atoms with Gasteiger partial charge in [0.05, 0.1) is 19.5 Å². The molecule has 0 radical (unpaired) electrons. The van der Waals surface area contributed by atoms with E-state index >= 15 is 0 Å². The van der Waals surface area contributed by atoms with Crippen molar-refractivity contribution < 1.29 is 28.2 Å². The van der Waals surface area contributed by atoms with E-state index in [9.17, 15) is 13.6 Å². The van der Waals surface area contributed by atoms with Crippen molar-refractivity contribution in [3.63, 3.8) is 0 Å². The molecule has 0 spiro atoms. The third-order valence-electron chi connectivity index (χ3n) is 5.26. The molecule has 0 atom stereocenters. The lowest BCUT2D eigenvalue weighted by Gasteiger charge is -2.22. The smallest absolute Gasteiger partial charge is 0.303 e. The molecular weight excluding hydrogens is 490 g/mol. The molecule has 208 valence electrons. The predicted molar refractivity (Wildman–Crippen MR) is 149 cm³/mol. The maximum absolute atomic E-state index is 14.2. The highest BCUT2D eigenvalue weighted by Gasteiger charge is 2.11. The Balaban J connectivity index is 2.93. The van der Waals surface area contributed by atoms with E-state index in [-0.39, 0.29) is 24.6 Å². The van der Waals surface area contributed by atoms with Crippen LogP contribution in [0.4, 0.5) is 8.78 Å². The lowest BCUT2D eigenvalue weighted by atomic mass is 10.1. The number of halogens is 2. The number of nitrogens with one attached hydrogen (secondary N) is 1. The second kappa shape index (κ2) is 18.4. The van der Waals surface area contributed by atoms with Gasteiger partial charge < -0.3 is 24.8 Å². The molecule has 0 amide bonds. The van der Waals surface area contributed by atoms with Crippen LogP contribution in [0.2, 0.25) is 0 Å². The first-order valence-electron chi connectivity index (χ1n) is 12.6. The van der Waals surface area contributed by atoms with Gasteiger partial charge >= 0.3 is 5.97 Å². The van der Waals surface area contributed by atoms with Crippen molar-refractivity contribution in [3.05, 3.63) is 95.9 Å². The van der Waals surface area contributed by atoms with Crippen molar-refractivity contribution >= 4 is 5.97 Å². The summed E-state index contributed by atoms with van der Waals surface area (Å²) < 4.78 is 38.7. The molecule has 0 bridgehead atoms.